The van der Waals surface area contributed by atoms with Crippen LogP contribution in [-0.4, -0.2) is 26.6 Å². The van der Waals surface area contributed by atoms with Gasteiger partial charge in [-0.2, -0.15) is 0 Å². The average molecular weight is 305 g/mol. The highest BCUT2D eigenvalue weighted by atomic mass is 32.2. The van der Waals surface area contributed by atoms with Crippen molar-refractivity contribution < 1.29 is 13.2 Å². The molecule has 7 heteroatoms. The fourth-order valence-electron chi connectivity index (χ4n) is 2.24. The number of nitrogens with two attached hydrogens (primary N) is 1. The lowest BCUT2D eigenvalue weighted by molar-refractivity contribution is 0.303. The zero-order valence-electron chi connectivity index (χ0n) is 11.5. The zero-order valence-corrected chi connectivity index (χ0v) is 12.3. The van der Waals surface area contributed by atoms with Gasteiger partial charge in [-0.15, -0.1) is 0 Å². The van der Waals surface area contributed by atoms with Crippen LogP contribution in [0.15, 0.2) is 41.4 Å². The van der Waals surface area contributed by atoms with E-state index < -0.39 is 10.0 Å². The van der Waals surface area contributed by atoms with Crippen molar-refractivity contribution in [3.8, 4) is 5.88 Å². The van der Waals surface area contributed by atoms with Crippen LogP contribution in [0, 0.1) is 6.92 Å². The summed E-state index contributed by atoms with van der Waals surface area (Å²) in [5, 5.41) is 0. The van der Waals surface area contributed by atoms with E-state index >= 15 is 0 Å². The van der Waals surface area contributed by atoms with Crippen LogP contribution in [0.1, 0.15) is 5.56 Å². The second kappa shape index (κ2) is 4.92. The molecule has 2 N–H and O–H groups in total. The van der Waals surface area contributed by atoms with Gasteiger partial charge in [0.1, 0.15) is 12.3 Å². The van der Waals surface area contributed by atoms with E-state index in [1.165, 1.54) is 10.5 Å². The predicted octanol–water partition coefficient (Wildman–Crippen LogP) is 1.56. The van der Waals surface area contributed by atoms with E-state index in [0.717, 1.165) is 5.56 Å². The van der Waals surface area contributed by atoms with Gasteiger partial charge in [0.15, 0.2) is 0 Å². The van der Waals surface area contributed by atoms with Crippen molar-refractivity contribution in [2.45, 2.75) is 11.8 Å². The molecule has 0 saturated heterocycles. The van der Waals surface area contributed by atoms with Gasteiger partial charge in [-0.25, -0.2) is 13.4 Å². The molecule has 0 amide bonds. The minimum Gasteiger partial charge on any atom is -0.474 e. The number of aromatic nitrogens is 1. The van der Waals surface area contributed by atoms with Gasteiger partial charge in [-0.3, -0.25) is 4.31 Å². The molecule has 0 radical (unpaired) electrons. The molecule has 1 aliphatic heterocycles. The Morgan fingerprint density at radius 1 is 1.33 bits per heavy atom. The Balaban J connectivity index is 2.11. The highest BCUT2D eigenvalue weighted by Gasteiger charge is 2.31. The standard InChI is InChI=1S/C14H15N3O3S/c1-10-3-2-4-12(7-10)21(18,19)17-5-6-20-14-13(17)8-11(15)9-16-14/h2-4,7-9H,5-6,15H2,1H3. The smallest absolute Gasteiger partial charge is 0.264 e. The Kier molecular flexibility index (Phi) is 3.21. The molecular formula is C14H15N3O3S. The topological polar surface area (TPSA) is 85.5 Å². The Morgan fingerprint density at radius 2 is 2.14 bits per heavy atom. The molecule has 0 fully saturated rings. The number of sulfonamides is 1. The third-order valence-electron chi connectivity index (χ3n) is 3.23. The second-order valence-corrected chi connectivity index (χ2v) is 6.70. The van der Waals surface area contributed by atoms with Crippen LogP contribution < -0.4 is 14.8 Å². The van der Waals surface area contributed by atoms with E-state index in [0.29, 0.717) is 11.4 Å². The first-order valence-corrected chi connectivity index (χ1v) is 7.90. The number of hydrogen-bond donors (Lipinski definition) is 1. The first-order valence-electron chi connectivity index (χ1n) is 6.46. The summed E-state index contributed by atoms with van der Waals surface area (Å²) in [5.41, 5.74) is 7.36. The number of anilines is 2. The SMILES string of the molecule is Cc1cccc(S(=O)(=O)N2CCOc3ncc(N)cc32)c1. The fourth-order valence-corrected chi connectivity index (χ4v) is 3.79. The number of nitrogens with zero attached hydrogens (tertiary/aromatic N) is 2. The summed E-state index contributed by atoms with van der Waals surface area (Å²) in [5.74, 6) is 0.284. The van der Waals surface area contributed by atoms with Crippen LogP contribution in [0.4, 0.5) is 11.4 Å². The Bertz CT molecular complexity index is 790. The highest BCUT2D eigenvalue weighted by molar-refractivity contribution is 7.92. The highest BCUT2D eigenvalue weighted by Crippen LogP contribution is 2.34. The molecule has 0 bridgehead atoms. The monoisotopic (exact) mass is 305 g/mol. The van der Waals surface area contributed by atoms with Gasteiger partial charge in [0.2, 0.25) is 5.88 Å². The van der Waals surface area contributed by atoms with Gasteiger partial charge in [0.25, 0.3) is 10.0 Å². The minimum absolute atomic E-state index is 0.231. The molecule has 1 aliphatic rings. The Morgan fingerprint density at radius 3 is 2.90 bits per heavy atom. The maximum Gasteiger partial charge on any atom is 0.264 e. The van der Waals surface area contributed by atoms with Gasteiger partial charge in [0, 0.05) is 0 Å². The van der Waals surface area contributed by atoms with Crippen LogP contribution in [0.5, 0.6) is 5.88 Å². The van der Waals surface area contributed by atoms with Crippen LogP contribution in [0.25, 0.3) is 0 Å². The molecule has 3 rings (SSSR count). The molecule has 0 spiro atoms. The van der Waals surface area contributed by atoms with Gasteiger partial charge in [0.05, 0.1) is 23.3 Å². The maximum absolute atomic E-state index is 12.8. The van der Waals surface area contributed by atoms with Crippen LogP contribution in [-0.2, 0) is 10.0 Å². The molecule has 0 atom stereocenters. The number of pyridine rings is 1. The van der Waals surface area contributed by atoms with Crippen LogP contribution >= 0.6 is 0 Å². The summed E-state index contributed by atoms with van der Waals surface area (Å²) in [4.78, 5) is 4.29. The summed E-state index contributed by atoms with van der Waals surface area (Å²) in [6.07, 6.45) is 1.45. The number of ether oxygens (including phenoxy) is 1. The molecule has 0 unspecified atom stereocenters. The summed E-state index contributed by atoms with van der Waals surface area (Å²) in [7, 11) is -3.66. The summed E-state index contributed by atoms with van der Waals surface area (Å²) < 4.78 is 32.3. The van der Waals surface area contributed by atoms with E-state index in [-0.39, 0.29) is 23.9 Å². The van der Waals surface area contributed by atoms with Crippen LogP contribution in [0.2, 0.25) is 0 Å². The van der Waals surface area contributed by atoms with Crippen molar-refractivity contribution in [2.75, 3.05) is 23.2 Å². The number of fused-ring (bicyclic) bond motifs is 1. The van der Waals surface area contributed by atoms with Gasteiger partial charge in [-0.1, -0.05) is 12.1 Å². The van der Waals surface area contributed by atoms with Crippen molar-refractivity contribution in [3.63, 3.8) is 0 Å². The van der Waals surface area contributed by atoms with Gasteiger partial charge >= 0.3 is 0 Å². The number of hydrogen-bond acceptors (Lipinski definition) is 5. The fraction of sp³-hybridized carbons (Fsp3) is 0.214. The minimum atomic E-state index is -3.66. The van der Waals surface area contributed by atoms with Crippen molar-refractivity contribution in [1.29, 1.82) is 0 Å². The molecule has 2 heterocycles. The van der Waals surface area contributed by atoms with Crippen molar-refractivity contribution >= 4 is 21.4 Å². The third-order valence-corrected chi connectivity index (χ3v) is 5.04. The number of benzene rings is 1. The van der Waals surface area contributed by atoms with Crippen molar-refractivity contribution in [2.24, 2.45) is 0 Å². The molecular weight excluding hydrogens is 290 g/mol. The molecule has 0 saturated carbocycles. The molecule has 1 aromatic carbocycles. The van der Waals surface area contributed by atoms with Crippen molar-refractivity contribution in [1.82, 2.24) is 4.98 Å². The summed E-state index contributed by atoms with van der Waals surface area (Å²) in [6, 6.07) is 8.36. The van der Waals surface area contributed by atoms with E-state index in [1.807, 2.05) is 13.0 Å². The molecule has 0 aliphatic carbocycles. The number of rotatable bonds is 2. The lowest BCUT2D eigenvalue weighted by Gasteiger charge is -2.29. The van der Waals surface area contributed by atoms with Crippen LogP contribution in [0.3, 0.4) is 0 Å². The lowest BCUT2D eigenvalue weighted by atomic mass is 10.2. The number of nitrogen functional groups attached to an aromatic ring is 1. The summed E-state index contributed by atoms with van der Waals surface area (Å²) >= 11 is 0. The molecule has 2 aromatic rings. The molecule has 21 heavy (non-hydrogen) atoms. The predicted molar refractivity (Wildman–Crippen MR) is 79.9 cm³/mol. The van der Waals surface area contributed by atoms with E-state index in [4.69, 9.17) is 10.5 Å². The van der Waals surface area contributed by atoms with Gasteiger partial charge < -0.3 is 10.5 Å². The van der Waals surface area contributed by atoms with E-state index in [2.05, 4.69) is 4.98 Å². The first-order chi connectivity index (χ1) is 9.98. The van der Waals surface area contributed by atoms with Gasteiger partial charge in [-0.05, 0) is 30.7 Å². The average Bonchev–Trinajstić information content (AvgIpc) is 2.46. The third kappa shape index (κ3) is 2.40. The normalized spacial score (nSPS) is 14.4. The van der Waals surface area contributed by atoms with E-state index in [1.54, 1.807) is 24.3 Å². The first kappa shape index (κ1) is 13.7. The lowest BCUT2D eigenvalue weighted by Crippen LogP contribution is -2.38. The van der Waals surface area contributed by atoms with Crippen molar-refractivity contribution in [3.05, 3.63) is 42.1 Å². The quantitative estimate of drug-likeness (QED) is 0.910. The molecule has 110 valence electrons. The second-order valence-electron chi connectivity index (χ2n) is 4.84. The maximum atomic E-state index is 12.8. The van der Waals surface area contributed by atoms with E-state index in [9.17, 15) is 8.42 Å². The zero-order chi connectivity index (χ0) is 15.0. The Hall–Kier alpha value is -2.28. The molecule has 6 nitrogen and oxygen atoms in total. The Labute approximate surface area is 123 Å². The largest absolute Gasteiger partial charge is 0.474 e. The summed E-state index contributed by atoms with van der Waals surface area (Å²) in [6.45, 7) is 2.34. The molecule has 1 aromatic heterocycles. The number of aryl methyl sites for hydroxylation is 1.